The van der Waals surface area contributed by atoms with Gasteiger partial charge in [-0.3, -0.25) is 0 Å². The molecule has 0 saturated carbocycles. The predicted molar refractivity (Wildman–Crippen MR) is 69.4 cm³/mol. The Morgan fingerprint density at radius 1 is 1.00 bits per heavy atom. The highest BCUT2D eigenvalue weighted by molar-refractivity contribution is 7.89. The van der Waals surface area contributed by atoms with Crippen molar-refractivity contribution >= 4 is 20.8 Å². The second kappa shape index (κ2) is 4.47. The van der Waals surface area contributed by atoms with Gasteiger partial charge in [-0.1, -0.05) is 36.4 Å². The summed E-state index contributed by atoms with van der Waals surface area (Å²) in [5.74, 6) is 0. The van der Waals surface area contributed by atoms with Crippen LogP contribution in [0.25, 0.3) is 10.8 Å². The highest BCUT2D eigenvalue weighted by Crippen LogP contribution is 2.22. The molecule has 0 aliphatic carbocycles. The Labute approximate surface area is 102 Å². The van der Waals surface area contributed by atoms with E-state index in [1.807, 2.05) is 44.2 Å². The molecule has 1 N–H and O–H groups in total. The van der Waals surface area contributed by atoms with E-state index in [4.69, 9.17) is 0 Å². The van der Waals surface area contributed by atoms with Crippen LogP contribution in [-0.2, 0) is 10.0 Å². The van der Waals surface area contributed by atoms with E-state index in [0.717, 1.165) is 10.8 Å². The Hall–Kier alpha value is -1.39. The van der Waals surface area contributed by atoms with Crippen LogP contribution in [0.3, 0.4) is 0 Å². The molecule has 2 aromatic rings. The first-order valence-electron chi connectivity index (χ1n) is 5.51. The highest BCUT2D eigenvalue weighted by atomic mass is 32.2. The minimum atomic E-state index is -3.44. The van der Waals surface area contributed by atoms with Gasteiger partial charge in [-0.05, 0) is 25.3 Å². The number of hydrogen-bond donors (Lipinski definition) is 1. The number of nitrogens with one attached hydrogen (secondary N) is 1. The fourth-order valence-corrected chi connectivity index (χ4v) is 3.28. The average molecular weight is 249 g/mol. The van der Waals surface area contributed by atoms with Gasteiger partial charge in [-0.25, -0.2) is 13.1 Å². The van der Waals surface area contributed by atoms with Crippen molar-refractivity contribution < 1.29 is 8.42 Å². The van der Waals surface area contributed by atoms with E-state index in [-0.39, 0.29) is 6.04 Å². The third kappa shape index (κ3) is 2.48. The van der Waals surface area contributed by atoms with Gasteiger partial charge in [0, 0.05) is 11.4 Å². The normalized spacial score (nSPS) is 12.2. The summed E-state index contributed by atoms with van der Waals surface area (Å²) in [5, 5.41) is 1.68. The van der Waals surface area contributed by atoms with Crippen molar-refractivity contribution in [3.63, 3.8) is 0 Å². The Morgan fingerprint density at radius 2 is 1.65 bits per heavy atom. The molecule has 0 aromatic heterocycles. The lowest BCUT2D eigenvalue weighted by Gasteiger charge is -2.11. The van der Waals surface area contributed by atoms with Crippen molar-refractivity contribution in [3.8, 4) is 0 Å². The van der Waals surface area contributed by atoms with Crippen molar-refractivity contribution in [2.24, 2.45) is 0 Å². The van der Waals surface area contributed by atoms with E-state index in [0.29, 0.717) is 4.90 Å². The summed E-state index contributed by atoms with van der Waals surface area (Å²) in [7, 11) is -3.44. The maximum Gasteiger partial charge on any atom is 0.241 e. The molecule has 2 aromatic carbocycles. The summed E-state index contributed by atoms with van der Waals surface area (Å²) < 4.78 is 26.9. The molecule has 0 saturated heterocycles. The molecule has 0 fully saturated rings. The molecule has 0 radical (unpaired) electrons. The first-order valence-corrected chi connectivity index (χ1v) is 6.99. The van der Waals surface area contributed by atoms with E-state index in [2.05, 4.69) is 4.72 Å². The summed E-state index contributed by atoms with van der Waals surface area (Å²) >= 11 is 0. The number of sulfonamides is 1. The van der Waals surface area contributed by atoms with Crippen LogP contribution in [-0.4, -0.2) is 14.5 Å². The number of benzene rings is 2. The lowest BCUT2D eigenvalue weighted by Crippen LogP contribution is -2.30. The summed E-state index contributed by atoms with van der Waals surface area (Å²) in [6.45, 7) is 3.62. The van der Waals surface area contributed by atoms with Gasteiger partial charge in [-0.15, -0.1) is 0 Å². The van der Waals surface area contributed by atoms with Crippen LogP contribution in [0.15, 0.2) is 47.4 Å². The number of hydrogen-bond acceptors (Lipinski definition) is 2. The quantitative estimate of drug-likeness (QED) is 0.908. The molecule has 90 valence electrons. The van der Waals surface area contributed by atoms with Crippen molar-refractivity contribution in [1.29, 1.82) is 0 Å². The maximum absolute atomic E-state index is 12.1. The summed E-state index contributed by atoms with van der Waals surface area (Å²) in [6.07, 6.45) is 0. The van der Waals surface area contributed by atoms with Gasteiger partial charge >= 0.3 is 0 Å². The summed E-state index contributed by atoms with van der Waals surface area (Å²) in [6, 6.07) is 12.7. The van der Waals surface area contributed by atoms with Gasteiger partial charge in [0.1, 0.15) is 0 Å². The smallest absolute Gasteiger partial charge is 0.209 e. The highest BCUT2D eigenvalue weighted by Gasteiger charge is 2.17. The molecule has 0 bridgehead atoms. The minimum absolute atomic E-state index is 0.112. The van der Waals surface area contributed by atoms with Crippen molar-refractivity contribution in [2.45, 2.75) is 24.8 Å². The van der Waals surface area contributed by atoms with Gasteiger partial charge in [0.15, 0.2) is 0 Å². The van der Waals surface area contributed by atoms with E-state index in [9.17, 15) is 8.42 Å². The van der Waals surface area contributed by atoms with Crippen molar-refractivity contribution in [2.75, 3.05) is 0 Å². The SMILES string of the molecule is CC(C)NS(=O)(=O)c1cccc2ccccc12. The molecule has 0 spiro atoms. The molecule has 0 aliphatic heterocycles. The second-order valence-electron chi connectivity index (χ2n) is 4.25. The average Bonchev–Trinajstić information content (AvgIpc) is 2.26. The molecule has 4 heteroatoms. The topological polar surface area (TPSA) is 46.2 Å². The van der Waals surface area contributed by atoms with Crippen LogP contribution in [0.2, 0.25) is 0 Å². The zero-order valence-electron chi connectivity index (χ0n) is 9.84. The summed E-state index contributed by atoms with van der Waals surface area (Å²) in [5.41, 5.74) is 0. The molecular formula is C13H15NO2S. The molecule has 0 heterocycles. The first kappa shape index (κ1) is 12.1. The van der Waals surface area contributed by atoms with E-state index < -0.39 is 10.0 Å². The second-order valence-corrected chi connectivity index (χ2v) is 5.94. The Balaban J connectivity index is 2.63. The van der Waals surface area contributed by atoms with Crippen LogP contribution in [0.1, 0.15) is 13.8 Å². The van der Waals surface area contributed by atoms with Gasteiger partial charge in [0.25, 0.3) is 0 Å². The fraction of sp³-hybridized carbons (Fsp3) is 0.231. The van der Waals surface area contributed by atoms with E-state index in [1.165, 1.54) is 0 Å². The Bertz CT molecular complexity index is 627. The van der Waals surface area contributed by atoms with E-state index >= 15 is 0 Å². The van der Waals surface area contributed by atoms with Crippen LogP contribution < -0.4 is 4.72 Å². The Morgan fingerprint density at radius 3 is 2.35 bits per heavy atom. The lowest BCUT2D eigenvalue weighted by atomic mass is 10.1. The molecule has 3 nitrogen and oxygen atoms in total. The van der Waals surface area contributed by atoms with E-state index in [1.54, 1.807) is 12.1 Å². The number of rotatable bonds is 3. The summed E-state index contributed by atoms with van der Waals surface area (Å²) in [4.78, 5) is 0.337. The third-order valence-electron chi connectivity index (χ3n) is 2.43. The van der Waals surface area contributed by atoms with Crippen LogP contribution >= 0.6 is 0 Å². The third-order valence-corrected chi connectivity index (χ3v) is 4.15. The first-order chi connectivity index (χ1) is 8.00. The molecule has 2 rings (SSSR count). The predicted octanol–water partition coefficient (Wildman–Crippen LogP) is 2.53. The standard InChI is InChI=1S/C13H15NO2S/c1-10(2)14-17(15,16)13-9-5-7-11-6-3-4-8-12(11)13/h3-10,14H,1-2H3. The van der Waals surface area contributed by atoms with Gasteiger partial charge < -0.3 is 0 Å². The van der Waals surface area contributed by atoms with Gasteiger partial charge in [0.2, 0.25) is 10.0 Å². The molecule has 0 amide bonds. The van der Waals surface area contributed by atoms with Crippen molar-refractivity contribution in [1.82, 2.24) is 4.72 Å². The number of fused-ring (bicyclic) bond motifs is 1. The molecule has 0 aliphatic rings. The minimum Gasteiger partial charge on any atom is -0.209 e. The van der Waals surface area contributed by atoms with Gasteiger partial charge in [-0.2, -0.15) is 0 Å². The van der Waals surface area contributed by atoms with Crippen LogP contribution in [0.5, 0.6) is 0 Å². The largest absolute Gasteiger partial charge is 0.241 e. The monoisotopic (exact) mass is 249 g/mol. The molecule has 17 heavy (non-hydrogen) atoms. The molecule has 0 atom stereocenters. The maximum atomic E-state index is 12.1. The van der Waals surface area contributed by atoms with Crippen LogP contribution in [0, 0.1) is 0 Å². The molecular weight excluding hydrogens is 234 g/mol. The lowest BCUT2D eigenvalue weighted by molar-refractivity contribution is 0.571. The van der Waals surface area contributed by atoms with Gasteiger partial charge in [0.05, 0.1) is 4.90 Å². The molecule has 0 unspecified atom stereocenters. The van der Waals surface area contributed by atoms with Crippen LogP contribution in [0.4, 0.5) is 0 Å². The van der Waals surface area contributed by atoms with Crippen molar-refractivity contribution in [3.05, 3.63) is 42.5 Å². The fourth-order valence-electron chi connectivity index (χ4n) is 1.80. The Kier molecular flexibility index (Phi) is 3.17. The zero-order valence-corrected chi connectivity index (χ0v) is 10.7. The zero-order chi connectivity index (χ0) is 12.5.